The van der Waals surface area contributed by atoms with Crippen LogP contribution in [0.4, 0.5) is 0 Å². The molecule has 4 atom stereocenters. The van der Waals surface area contributed by atoms with Gasteiger partial charge in [-0.1, -0.05) is 32.0 Å². The average Bonchev–Trinajstić information content (AvgIpc) is 3.23. The summed E-state index contributed by atoms with van der Waals surface area (Å²) in [5, 5.41) is 34.7. The molecular formula is C24H31N5O9. The monoisotopic (exact) mass is 533 g/mol. The van der Waals surface area contributed by atoms with Crippen LogP contribution >= 0.6 is 0 Å². The molecule has 206 valence electrons. The van der Waals surface area contributed by atoms with E-state index < -0.39 is 78.6 Å². The highest BCUT2D eigenvalue weighted by Gasteiger charge is 2.33. The van der Waals surface area contributed by atoms with Crippen molar-refractivity contribution in [1.29, 1.82) is 0 Å². The Labute approximate surface area is 217 Å². The standard InChI is InChI=1S/C24H31N5O9/c1-11(2)20(29-21(34)14(25)7-12-10-26-15-6-4-3-5-13(12)15)23(36)27-16(8-18(30)31)22(35)28-17(24(37)38)9-19(32)33/h3-6,10-11,14,16-17,20,26H,7-9,25H2,1-2H3,(H,27,36)(H,28,35)(H,29,34)(H,30,31)(H,32,33)(H,37,38). The van der Waals surface area contributed by atoms with Crippen LogP contribution in [0.25, 0.3) is 10.9 Å². The smallest absolute Gasteiger partial charge is 0.326 e. The second-order valence-corrected chi connectivity index (χ2v) is 9.06. The Hall–Kier alpha value is -4.46. The highest BCUT2D eigenvalue weighted by atomic mass is 16.4. The van der Waals surface area contributed by atoms with Crippen molar-refractivity contribution < 1.29 is 44.1 Å². The predicted octanol–water partition coefficient (Wildman–Crippen LogP) is -0.818. The molecule has 0 saturated carbocycles. The zero-order valence-electron chi connectivity index (χ0n) is 20.8. The summed E-state index contributed by atoms with van der Waals surface area (Å²) in [6.07, 6.45) is 0.00437. The molecule has 0 fully saturated rings. The van der Waals surface area contributed by atoms with Gasteiger partial charge in [0.2, 0.25) is 17.7 Å². The van der Waals surface area contributed by atoms with Gasteiger partial charge in [0.05, 0.1) is 18.9 Å². The van der Waals surface area contributed by atoms with E-state index >= 15 is 0 Å². The molecule has 0 aliphatic rings. The van der Waals surface area contributed by atoms with Gasteiger partial charge in [-0.15, -0.1) is 0 Å². The van der Waals surface area contributed by atoms with Crippen molar-refractivity contribution in [2.45, 2.75) is 57.3 Å². The molecule has 9 N–H and O–H groups in total. The first kappa shape index (κ1) is 29.8. The number of carboxylic acids is 3. The topological polar surface area (TPSA) is 241 Å². The molecule has 0 saturated heterocycles. The maximum atomic E-state index is 13.0. The summed E-state index contributed by atoms with van der Waals surface area (Å²) < 4.78 is 0. The number of H-pyrrole nitrogens is 1. The molecule has 14 heteroatoms. The summed E-state index contributed by atoms with van der Waals surface area (Å²) in [7, 11) is 0. The van der Waals surface area contributed by atoms with Crippen molar-refractivity contribution in [2.24, 2.45) is 11.7 Å². The van der Waals surface area contributed by atoms with E-state index in [0.717, 1.165) is 16.5 Å². The predicted molar refractivity (Wildman–Crippen MR) is 133 cm³/mol. The van der Waals surface area contributed by atoms with E-state index in [9.17, 15) is 28.8 Å². The molecule has 0 radical (unpaired) electrons. The van der Waals surface area contributed by atoms with Gasteiger partial charge in [0.25, 0.3) is 0 Å². The molecule has 0 spiro atoms. The fourth-order valence-corrected chi connectivity index (χ4v) is 3.72. The Morgan fingerprint density at radius 2 is 1.42 bits per heavy atom. The summed E-state index contributed by atoms with van der Waals surface area (Å²) >= 11 is 0. The summed E-state index contributed by atoms with van der Waals surface area (Å²) in [6, 6.07) is 1.60. The number of carbonyl (C=O) groups is 6. The second kappa shape index (κ2) is 13.2. The highest BCUT2D eigenvalue weighted by molar-refractivity contribution is 5.96. The number of aliphatic carboxylic acids is 3. The summed E-state index contributed by atoms with van der Waals surface area (Å²) in [6.45, 7) is 3.21. The van der Waals surface area contributed by atoms with Gasteiger partial charge in [-0.25, -0.2) is 4.79 Å². The Morgan fingerprint density at radius 3 is 2.00 bits per heavy atom. The number of carbonyl (C=O) groups excluding carboxylic acids is 3. The van der Waals surface area contributed by atoms with Crippen molar-refractivity contribution in [3.8, 4) is 0 Å². The van der Waals surface area contributed by atoms with Gasteiger partial charge in [0.15, 0.2) is 0 Å². The Bertz CT molecular complexity index is 1210. The first-order valence-electron chi connectivity index (χ1n) is 11.7. The molecule has 14 nitrogen and oxygen atoms in total. The lowest BCUT2D eigenvalue weighted by Crippen LogP contribution is -2.59. The van der Waals surface area contributed by atoms with Crippen LogP contribution in [0.1, 0.15) is 32.3 Å². The second-order valence-electron chi connectivity index (χ2n) is 9.06. The van der Waals surface area contributed by atoms with Crippen LogP contribution in [-0.2, 0) is 35.2 Å². The van der Waals surface area contributed by atoms with Gasteiger partial charge in [0, 0.05) is 17.1 Å². The average molecular weight is 534 g/mol. The first-order valence-corrected chi connectivity index (χ1v) is 11.7. The molecule has 1 heterocycles. The number of aromatic nitrogens is 1. The van der Waals surface area contributed by atoms with Crippen molar-refractivity contribution in [2.75, 3.05) is 0 Å². The van der Waals surface area contributed by atoms with E-state index in [2.05, 4.69) is 15.6 Å². The van der Waals surface area contributed by atoms with Gasteiger partial charge in [0.1, 0.15) is 18.1 Å². The maximum absolute atomic E-state index is 13.0. The number of benzene rings is 1. The van der Waals surface area contributed by atoms with Gasteiger partial charge in [-0.2, -0.15) is 0 Å². The summed E-state index contributed by atoms with van der Waals surface area (Å²) in [5.74, 6) is -7.93. The number of hydrogen-bond acceptors (Lipinski definition) is 7. The third-order valence-electron chi connectivity index (χ3n) is 5.70. The van der Waals surface area contributed by atoms with Gasteiger partial charge in [-0.05, 0) is 24.0 Å². The maximum Gasteiger partial charge on any atom is 0.326 e. The van der Waals surface area contributed by atoms with E-state index in [0.29, 0.717) is 0 Å². The van der Waals surface area contributed by atoms with Crippen molar-refractivity contribution in [1.82, 2.24) is 20.9 Å². The minimum atomic E-state index is -1.85. The lowest BCUT2D eigenvalue weighted by molar-refractivity contribution is -0.148. The number of carboxylic acid groups (broad SMARTS) is 3. The molecule has 1 aromatic heterocycles. The van der Waals surface area contributed by atoms with E-state index in [1.54, 1.807) is 20.0 Å². The summed E-state index contributed by atoms with van der Waals surface area (Å²) in [5.41, 5.74) is 7.74. The highest BCUT2D eigenvalue weighted by Crippen LogP contribution is 2.19. The third kappa shape index (κ3) is 8.30. The molecule has 1 aromatic carbocycles. The fourth-order valence-electron chi connectivity index (χ4n) is 3.72. The number of amides is 3. The van der Waals surface area contributed by atoms with Crippen LogP contribution in [0.3, 0.4) is 0 Å². The van der Waals surface area contributed by atoms with E-state index in [-0.39, 0.29) is 6.42 Å². The zero-order valence-corrected chi connectivity index (χ0v) is 20.8. The molecule has 0 bridgehead atoms. The number of hydrogen-bond donors (Lipinski definition) is 8. The fraction of sp³-hybridized carbons (Fsp3) is 0.417. The lowest BCUT2D eigenvalue weighted by atomic mass is 10.0. The molecular weight excluding hydrogens is 502 g/mol. The number of para-hydroxylation sites is 1. The molecule has 0 aliphatic carbocycles. The SMILES string of the molecule is CC(C)C(NC(=O)C(N)Cc1c[nH]c2ccccc12)C(=O)NC(CC(=O)O)C(=O)NC(CC(=O)O)C(=O)O. The van der Waals surface area contributed by atoms with Crippen LogP contribution in [0.5, 0.6) is 0 Å². The molecule has 2 rings (SSSR count). The lowest BCUT2D eigenvalue weighted by Gasteiger charge is -2.26. The quantitative estimate of drug-likeness (QED) is 0.150. The van der Waals surface area contributed by atoms with Crippen LogP contribution in [-0.4, -0.2) is 80.1 Å². The van der Waals surface area contributed by atoms with Crippen molar-refractivity contribution in [3.05, 3.63) is 36.0 Å². The molecule has 3 amide bonds. The van der Waals surface area contributed by atoms with Crippen molar-refractivity contribution >= 4 is 46.5 Å². The molecule has 4 unspecified atom stereocenters. The zero-order chi connectivity index (χ0) is 28.6. The first-order chi connectivity index (χ1) is 17.8. The number of aromatic amines is 1. The number of nitrogens with two attached hydrogens (primary N) is 1. The van der Waals surface area contributed by atoms with E-state index in [1.807, 2.05) is 29.6 Å². The molecule has 38 heavy (non-hydrogen) atoms. The number of fused-ring (bicyclic) bond motifs is 1. The van der Waals surface area contributed by atoms with E-state index in [1.165, 1.54) is 0 Å². The normalized spacial score (nSPS) is 14.2. The van der Waals surface area contributed by atoms with Crippen molar-refractivity contribution in [3.63, 3.8) is 0 Å². The Morgan fingerprint density at radius 1 is 0.842 bits per heavy atom. The van der Waals surface area contributed by atoms with Crippen LogP contribution < -0.4 is 21.7 Å². The minimum Gasteiger partial charge on any atom is -0.481 e. The van der Waals surface area contributed by atoms with Crippen LogP contribution in [0.15, 0.2) is 30.5 Å². The van der Waals surface area contributed by atoms with Crippen LogP contribution in [0, 0.1) is 5.92 Å². The Kier molecular flexibility index (Phi) is 10.3. The summed E-state index contributed by atoms with van der Waals surface area (Å²) in [4.78, 5) is 74.9. The third-order valence-corrected chi connectivity index (χ3v) is 5.70. The van der Waals surface area contributed by atoms with Crippen LogP contribution in [0.2, 0.25) is 0 Å². The molecule has 0 aliphatic heterocycles. The molecule has 2 aromatic rings. The number of rotatable bonds is 14. The van der Waals surface area contributed by atoms with Gasteiger partial charge < -0.3 is 42.0 Å². The minimum absolute atomic E-state index is 0.159. The van der Waals surface area contributed by atoms with Gasteiger partial charge in [-0.3, -0.25) is 24.0 Å². The van der Waals surface area contributed by atoms with Gasteiger partial charge >= 0.3 is 17.9 Å². The Balaban J connectivity index is 2.11. The van der Waals surface area contributed by atoms with E-state index in [4.69, 9.17) is 21.1 Å². The largest absolute Gasteiger partial charge is 0.481 e. The number of nitrogens with one attached hydrogen (secondary N) is 4.